The van der Waals surface area contributed by atoms with Crippen molar-refractivity contribution in [3.63, 3.8) is 0 Å². The van der Waals surface area contributed by atoms with Gasteiger partial charge >= 0.3 is 0 Å². The molecule has 0 N–H and O–H groups in total. The third-order valence-electron chi connectivity index (χ3n) is 2.88. The zero-order chi connectivity index (χ0) is 13.8. The molecule has 0 radical (unpaired) electrons. The van der Waals surface area contributed by atoms with Crippen molar-refractivity contribution in [2.45, 2.75) is 13.5 Å². The first kappa shape index (κ1) is 13.3. The maximum absolute atomic E-state index is 13.2. The summed E-state index contributed by atoms with van der Waals surface area (Å²) in [7, 11) is 1.45. The minimum absolute atomic E-state index is 0.0746. The number of benzene rings is 1. The van der Waals surface area contributed by atoms with E-state index in [9.17, 15) is 9.18 Å². The Morgan fingerprint density at radius 1 is 1.47 bits per heavy atom. The molecule has 0 saturated heterocycles. The molecule has 0 fully saturated rings. The monoisotopic (exact) mass is 262 g/mol. The van der Waals surface area contributed by atoms with Crippen LogP contribution in [0.5, 0.6) is 0 Å². The molecular weight excluding hydrogens is 247 g/mol. The Labute approximate surface area is 111 Å². The Kier molecular flexibility index (Phi) is 3.94. The van der Waals surface area contributed by atoms with Gasteiger partial charge in [0.1, 0.15) is 18.2 Å². The SMILES string of the molecule is COC1=CN(Cc2cccc(F)c2)C(C)=NCC1=O. The average Bonchev–Trinajstić information content (AvgIpc) is 2.52. The van der Waals surface area contributed by atoms with Gasteiger partial charge in [-0.2, -0.15) is 0 Å². The van der Waals surface area contributed by atoms with Gasteiger partial charge in [0.15, 0.2) is 5.76 Å². The summed E-state index contributed by atoms with van der Waals surface area (Å²) < 4.78 is 18.2. The molecule has 0 atom stereocenters. The third-order valence-corrected chi connectivity index (χ3v) is 2.88. The first-order valence-corrected chi connectivity index (χ1v) is 5.91. The predicted molar refractivity (Wildman–Crippen MR) is 70.0 cm³/mol. The average molecular weight is 262 g/mol. The van der Waals surface area contributed by atoms with E-state index in [1.165, 1.54) is 19.2 Å². The Hall–Kier alpha value is -2.17. The number of ether oxygens (including phenoxy) is 1. The number of ketones is 1. The molecule has 0 bridgehead atoms. The summed E-state index contributed by atoms with van der Waals surface area (Å²) in [4.78, 5) is 17.6. The Morgan fingerprint density at radius 3 is 2.95 bits per heavy atom. The largest absolute Gasteiger partial charge is 0.492 e. The van der Waals surface area contributed by atoms with E-state index in [0.29, 0.717) is 12.4 Å². The number of carbonyl (C=O) groups excluding carboxylic acids is 1. The van der Waals surface area contributed by atoms with Crippen molar-refractivity contribution in [2.75, 3.05) is 13.7 Å². The van der Waals surface area contributed by atoms with Crippen LogP contribution in [0.3, 0.4) is 0 Å². The number of carbonyl (C=O) groups is 1. The standard InChI is InChI=1S/C14H15FN2O2/c1-10-16-7-13(18)14(19-2)9-17(10)8-11-4-3-5-12(15)6-11/h3-6,9H,7-8H2,1-2H3. The summed E-state index contributed by atoms with van der Waals surface area (Å²) in [6, 6.07) is 6.33. The topological polar surface area (TPSA) is 41.9 Å². The van der Waals surface area contributed by atoms with Crippen molar-refractivity contribution in [1.29, 1.82) is 0 Å². The van der Waals surface area contributed by atoms with Gasteiger partial charge < -0.3 is 9.64 Å². The highest BCUT2D eigenvalue weighted by atomic mass is 19.1. The zero-order valence-electron chi connectivity index (χ0n) is 10.9. The fourth-order valence-electron chi connectivity index (χ4n) is 1.82. The Balaban J connectivity index is 2.26. The molecule has 1 aromatic carbocycles. The van der Waals surface area contributed by atoms with E-state index in [1.807, 2.05) is 13.0 Å². The van der Waals surface area contributed by atoms with Crippen molar-refractivity contribution in [3.05, 3.63) is 47.6 Å². The van der Waals surface area contributed by atoms with Crippen LogP contribution in [0.25, 0.3) is 0 Å². The number of hydrogen-bond donors (Lipinski definition) is 0. The van der Waals surface area contributed by atoms with Crippen molar-refractivity contribution in [3.8, 4) is 0 Å². The second kappa shape index (κ2) is 5.65. The Morgan fingerprint density at radius 2 is 2.26 bits per heavy atom. The van der Waals surface area contributed by atoms with E-state index >= 15 is 0 Å². The molecule has 1 aliphatic heterocycles. The second-order valence-corrected chi connectivity index (χ2v) is 4.24. The van der Waals surface area contributed by atoms with Crippen molar-refractivity contribution >= 4 is 11.6 Å². The summed E-state index contributed by atoms with van der Waals surface area (Å²) in [6.45, 7) is 2.32. The van der Waals surface area contributed by atoms with E-state index in [-0.39, 0.29) is 23.9 Å². The van der Waals surface area contributed by atoms with Gasteiger partial charge in [-0.25, -0.2) is 4.39 Å². The van der Waals surface area contributed by atoms with Crippen LogP contribution in [-0.2, 0) is 16.1 Å². The zero-order valence-corrected chi connectivity index (χ0v) is 10.9. The molecule has 1 aromatic rings. The van der Waals surface area contributed by atoms with Gasteiger partial charge in [0.2, 0.25) is 5.78 Å². The minimum Gasteiger partial charge on any atom is -0.492 e. The van der Waals surface area contributed by atoms with E-state index in [0.717, 1.165) is 5.56 Å². The molecule has 0 unspecified atom stereocenters. The molecule has 1 heterocycles. The molecular formula is C14H15FN2O2. The molecule has 4 nitrogen and oxygen atoms in total. The first-order chi connectivity index (χ1) is 9.10. The number of aliphatic imine (C=N–C) groups is 1. The summed E-state index contributed by atoms with van der Waals surface area (Å²) in [6.07, 6.45) is 1.61. The number of rotatable bonds is 3. The van der Waals surface area contributed by atoms with Gasteiger partial charge in [0, 0.05) is 6.54 Å². The lowest BCUT2D eigenvalue weighted by Crippen LogP contribution is -2.22. The highest BCUT2D eigenvalue weighted by Crippen LogP contribution is 2.13. The van der Waals surface area contributed by atoms with Gasteiger partial charge in [-0.1, -0.05) is 12.1 Å². The van der Waals surface area contributed by atoms with Gasteiger partial charge in [0.25, 0.3) is 0 Å². The van der Waals surface area contributed by atoms with Crippen LogP contribution in [0.15, 0.2) is 41.2 Å². The van der Waals surface area contributed by atoms with Crippen LogP contribution in [0.1, 0.15) is 12.5 Å². The van der Waals surface area contributed by atoms with Crippen LogP contribution >= 0.6 is 0 Å². The molecule has 2 rings (SSSR count). The van der Waals surface area contributed by atoms with Gasteiger partial charge in [0.05, 0.1) is 13.3 Å². The number of nitrogens with zero attached hydrogens (tertiary/aromatic N) is 2. The summed E-state index contributed by atoms with van der Waals surface area (Å²) in [5, 5.41) is 0. The highest BCUT2D eigenvalue weighted by molar-refractivity contribution is 5.98. The maximum Gasteiger partial charge on any atom is 0.220 e. The lowest BCUT2D eigenvalue weighted by atomic mass is 10.2. The fraction of sp³-hybridized carbons (Fsp3) is 0.286. The smallest absolute Gasteiger partial charge is 0.220 e. The minimum atomic E-state index is -0.283. The van der Waals surface area contributed by atoms with Crippen molar-refractivity contribution in [1.82, 2.24) is 4.90 Å². The summed E-state index contributed by atoms with van der Waals surface area (Å²) in [5.41, 5.74) is 0.801. The second-order valence-electron chi connectivity index (χ2n) is 4.24. The summed E-state index contributed by atoms with van der Waals surface area (Å²) in [5.74, 6) is 0.513. The van der Waals surface area contributed by atoms with Crippen LogP contribution in [0.2, 0.25) is 0 Å². The van der Waals surface area contributed by atoms with Crippen molar-refractivity contribution in [2.24, 2.45) is 4.99 Å². The number of halogens is 1. The molecule has 0 saturated carbocycles. The predicted octanol–water partition coefficient (Wildman–Crippen LogP) is 2.12. The Bertz CT molecular complexity index is 552. The van der Waals surface area contributed by atoms with E-state index in [4.69, 9.17) is 4.74 Å². The number of hydrogen-bond acceptors (Lipinski definition) is 4. The van der Waals surface area contributed by atoms with Gasteiger partial charge in [-0.15, -0.1) is 0 Å². The van der Waals surface area contributed by atoms with E-state index in [2.05, 4.69) is 4.99 Å². The van der Waals surface area contributed by atoms with Gasteiger partial charge in [-0.05, 0) is 24.6 Å². The number of amidine groups is 1. The molecule has 0 spiro atoms. The van der Waals surface area contributed by atoms with Crippen LogP contribution in [-0.4, -0.2) is 30.2 Å². The van der Waals surface area contributed by atoms with Crippen molar-refractivity contribution < 1.29 is 13.9 Å². The maximum atomic E-state index is 13.2. The molecule has 19 heavy (non-hydrogen) atoms. The molecule has 0 aromatic heterocycles. The third kappa shape index (κ3) is 3.19. The van der Waals surface area contributed by atoms with Crippen LogP contribution < -0.4 is 0 Å². The van der Waals surface area contributed by atoms with Gasteiger partial charge in [-0.3, -0.25) is 9.79 Å². The molecule has 0 aliphatic carbocycles. The number of methoxy groups -OCH3 is 1. The molecule has 100 valence electrons. The fourth-order valence-corrected chi connectivity index (χ4v) is 1.82. The van der Waals surface area contributed by atoms with Crippen LogP contribution in [0.4, 0.5) is 4.39 Å². The van der Waals surface area contributed by atoms with E-state index < -0.39 is 0 Å². The molecule has 5 heteroatoms. The van der Waals surface area contributed by atoms with Crippen LogP contribution in [0, 0.1) is 5.82 Å². The highest BCUT2D eigenvalue weighted by Gasteiger charge is 2.17. The normalized spacial score (nSPS) is 15.7. The molecule has 0 amide bonds. The quantitative estimate of drug-likeness (QED) is 0.838. The lowest BCUT2D eigenvalue weighted by Gasteiger charge is -2.19. The van der Waals surface area contributed by atoms with E-state index in [1.54, 1.807) is 17.2 Å². The molecule has 1 aliphatic rings. The lowest BCUT2D eigenvalue weighted by molar-refractivity contribution is -0.117. The summed E-state index contributed by atoms with van der Waals surface area (Å²) >= 11 is 0. The number of Topliss-reactive ketones (excluding diaryl/α,β-unsaturated/α-hetero) is 1. The first-order valence-electron chi connectivity index (χ1n) is 5.91.